The van der Waals surface area contributed by atoms with Crippen molar-refractivity contribution in [2.24, 2.45) is 0 Å². The third-order valence-electron chi connectivity index (χ3n) is 4.53. The Labute approximate surface area is 182 Å². The first kappa shape index (κ1) is 23.7. The largest absolute Gasteiger partial charge is 0.493 e. The number of hydrogen-bond acceptors (Lipinski definition) is 5. The van der Waals surface area contributed by atoms with Gasteiger partial charge in [-0.25, -0.2) is 0 Å². The van der Waals surface area contributed by atoms with Crippen LogP contribution >= 0.6 is 0 Å². The number of nitrogens with zero attached hydrogens (tertiary/aromatic N) is 1. The Bertz CT molecular complexity index is 912. The lowest BCUT2D eigenvalue weighted by Crippen LogP contribution is -2.43. The highest BCUT2D eigenvalue weighted by atomic mass is 16.5. The topological polar surface area (TPSA) is 97.0 Å². The van der Waals surface area contributed by atoms with Crippen LogP contribution in [-0.2, 0) is 9.59 Å². The zero-order chi connectivity index (χ0) is 22.8. The summed E-state index contributed by atoms with van der Waals surface area (Å²) in [4.78, 5) is 38.8. The Morgan fingerprint density at radius 1 is 0.935 bits per heavy atom. The van der Waals surface area contributed by atoms with Crippen molar-refractivity contribution in [2.45, 2.75) is 20.3 Å². The Morgan fingerprint density at radius 2 is 1.61 bits per heavy atom. The molecule has 0 atom stereocenters. The van der Waals surface area contributed by atoms with Crippen LogP contribution in [0.25, 0.3) is 0 Å². The van der Waals surface area contributed by atoms with Crippen molar-refractivity contribution < 1.29 is 23.9 Å². The molecule has 8 heteroatoms. The van der Waals surface area contributed by atoms with Gasteiger partial charge in [-0.3, -0.25) is 14.4 Å². The van der Waals surface area contributed by atoms with E-state index < -0.39 is 5.91 Å². The minimum Gasteiger partial charge on any atom is -0.493 e. The maximum absolute atomic E-state index is 12.9. The highest BCUT2D eigenvalue weighted by molar-refractivity contribution is 5.98. The molecule has 0 unspecified atom stereocenters. The van der Waals surface area contributed by atoms with E-state index in [1.807, 2.05) is 26.0 Å². The lowest BCUT2D eigenvalue weighted by atomic mass is 10.1. The second kappa shape index (κ2) is 11.6. The molecule has 2 aromatic rings. The van der Waals surface area contributed by atoms with Gasteiger partial charge in [0.25, 0.3) is 5.91 Å². The van der Waals surface area contributed by atoms with Gasteiger partial charge in [0.1, 0.15) is 0 Å². The van der Waals surface area contributed by atoms with Crippen molar-refractivity contribution in [2.75, 3.05) is 39.2 Å². The van der Waals surface area contributed by atoms with Gasteiger partial charge in [0.05, 0.1) is 27.3 Å². The van der Waals surface area contributed by atoms with Crippen LogP contribution in [0.2, 0.25) is 0 Å². The first-order valence-electron chi connectivity index (χ1n) is 10.0. The van der Waals surface area contributed by atoms with Crippen LogP contribution in [0.3, 0.4) is 0 Å². The molecule has 0 fully saturated rings. The summed E-state index contributed by atoms with van der Waals surface area (Å²) in [6.45, 7) is 3.94. The maximum Gasteiger partial charge on any atom is 0.254 e. The van der Waals surface area contributed by atoms with E-state index in [0.717, 1.165) is 5.56 Å². The molecule has 0 aliphatic heterocycles. The fourth-order valence-electron chi connectivity index (χ4n) is 2.92. The number of rotatable bonds is 10. The van der Waals surface area contributed by atoms with Crippen molar-refractivity contribution >= 4 is 23.4 Å². The second-order valence-corrected chi connectivity index (χ2v) is 6.99. The minimum atomic E-state index is -0.415. The van der Waals surface area contributed by atoms with Gasteiger partial charge in [0.15, 0.2) is 11.5 Å². The van der Waals surface area contributed by atoms with E-state index in [9.17, 15) is 14.4 Å². The Kier molecular flexibility index (Phi) is 8.87. The van der Waals surface area contributed by atoms with Crippen LogP contribution in [0.5, 0.6) is 11.5 Å². The number of benzene rings is 2. The number of amides is 3. The van der Waals surface area contributed by atoms with Crippen LogP contribution in [0.15, 0.2) is 42.5 Å². The van der Waals surface area contributed by atoms with E-state index >= 15 is 0 Å². The molecule has 0 aliphatic carbocycles. The molecule has 0 aliphatic rings. The van der Waals surface area contributed by atoms with Crippen LogP contribution in [0, 0.1) is 6.92 Å². The molecule has 166 valence electrons. The van der Waals surface area contributed by atoms with Crippen LogP contribution in [0.4, 0.5) is 5.69 Å². The summed E-state index contributed by atoms with van der Waals surface area (Å²) in [6.07, 6.45) is 0.681. The summed E-state index contributed by atoms with van der Waals surface area (Å²) in [5.41, 5.74) is 2.12. The zero-order valence-electron chi connectivity index (χ0n) is 18.4. The Balaban J connectivity index is 1.95. The number of carbonyl (C=O) groups excluding carboxylic acids is 3. The van der Waals surface area contributed by atoms with Crippen molar-refractivity contribution in [3.8, 4) is 11.5 Å². The van der Waals surface area contributed by atoms with Crippen molar-refractivity contribution in [1.82, 2.24) is 10.2 Å². The average molecular weight is 428 g/mol. The molecule has 0 spiro atoms. The van der Waals surface area contributed by atoms with Crippen molar-refractivity contribution in [3.63, 3.8) is 0 Å². The third-order valence-corrected chi connectivity index (χ3v) is 4.53. The molecule has 0 aromatic heterocycles. The lowest BCUT2D eigenvalue weighted by molar-refractivity contribution is -0.124. The molecule has 0 radical (unpaired) electrons. The number of hydrogen-bond donors (Lipinski definition) is 2. The molecule has 3 amide bonds. The fraction of sp³-hybridized carbons (Fsp3) is 0.348. The zero-order valence-corrected chi connectivity index (χ0v) is 18.4. The molecule has 2 rings (SSSR count). The molecule has 2 N–H and O–H groups in total. The number of nitrogens with one attached hydrogen (secondary N) is 2. The number of anilines is 1. The summed E-state index contributed by atoms with van der Waals surface area (Å²) >= 11 is 0. The molecular formula is C23H29N3O5. The van der Waals surface area contributed by atoms with E-state index in [2.05, 4.69) is 10.6 Å². The third kappa shape index (κ3) is 7.02. The van der Waals surface area contributed by atoms with Gasteiger partial charge in [-0.05, 0) is 43.7 Å². The van der Waals surface area contributed by atoms with Crippen molar-refractivity contribution in [1.29, 1.82) is 0 Å². The Morgan fingerprint density at radius 3 is 2.23 bits per heavy atom. The number of carbonyl (C=O) groups is 3. The predicted molar refractivity (Wildman–Crippen MR) is 119 cm³/mol. The van der Waals surface area contributed by atoms with Crippen LogP contribution in [-0.4, -0.2) is 56.5 Å². The summed E-state index contributed by atoms with van der Waals surface area (Å²) in [7, 11) is 3.01. The maximum atomic E-state index is 12.9. The van der Waals surface area contributed by atoms with Gasteiger partial charge in [-0.1, -0.05) is 24.6 Å². The molecular weight excluding hydrogens is 398 g/mol. The summed E-state index contributed by atoms with van der Waals surface area (Å²) < 4.78 is 10.4. The first-order chi connectivity index (χ1) is 14.9. The number of ether oxygens (including phenoxy) is 2. The van der Waals surface area contributed by atoms with E-state index in [-0.39, 0.29) is 24.9 Å². The average Bonchev–Trinajstić information content (AvgIpc) is 2.78. The van der Waals surface area contributed by atoms with Gasteiger partial charge in [-0.2, -0.15) is 0 Å². The van der Waals surface area contributed by atoms with Gasteiger partial charge < -0.3 is 25.0 Å². The van der Waals surface area contributed by atoms with E-state index in [0.29, 0.717) is 35.7 Å². The monoisotopic (exact) mass is 427 g/mol. The van der Waals surface area contributed by atoms with Gasteiger partial charge in [0.2, 0.25) is 11.8 Å². The second-order valence-electron chi connectivity index (χ2n) is 6.99. The molecule has 0 saturated heterocycles. The molecule has 0 bridgehead atoms. The molecule has 0 saturated carbocycles. The number of methoxy groups -OCH3 is 2. The quantitative estimate of drug-likeness (QED) is 0.608. The van der Waals surface area contributed by atoms with Crippen LogP contribution in [0.1, 0.15) is 29.3 Å². The van der Waals surface area contributed by atoms with Gasteiger partial charge >= 0.3 is 0 Å². The normalized spacial score (nSPS) is 10.2. The summed E-state index contributed by atoms with van der Waals surface area (Å²) in [6, 6.07) is 12.2. The summed E-state index contributed by atoms with van der Waals surface area (Å²) in [5.74, 6) is -0.116. The first-order valence-corrected chi connectivity index (χ1v) is 10.0. The van der Waals surface area contributed by atoms with E-state index in [1.165, 1.54) is 19.1 Å². The van der Waals surface area contributed by atoms with Gasteiger partial charge in [0, 0.05) is 17.8 Å². The van der Waals surface area contributed by atoms with Gasteiger partial charge in [-0.15, -0.1) is 0 Å². The summed E-state index contributed by atoms with van der Waals surface area (Å²) in [5, 5.41) is 5.28. The predicted octanol–water partition coefficient (Wildman–Crippen LogP) is 2.62. The molecule has 8 nitrogen and oxygen atoms in total. The van der Waals surface area contributed by atoms with E-state index in [1.54, 1.807) is 30.3 Å². The van der Waals surface area contributed by atoms with E-state index in [4.69, 9.17) is 9.47 Å². The number of aryl methyl sites for hydroxylation is 1. The smallest absolute Gasteiger partial charge is 0.254 e. The fourth-order valence-corrected chi connectivity index (χ4v) is 2.92. The van der Waals surface area contributed by atoms with Crippen molar-refractivity contribution in [3.05, 3.63) is 53.6 Å². The highest BCUT2D eigenvalue weighted by Crippen LogP contribution is 2.28. The standard InChI is InChI=1S/C23H29N3O5/c1-5-12-26(23(29)17-8-11-19(30-3)20(13-17)31-4)15-22(28)24-14-21(27)25-18-9-6-16(2)7-10-18/h6-11,13H,5,12,14-15H2,1-4H3,(H,24,28)(H,25,27). The molecule has 31 heavy (non-hydrogen) atoms. The highest BCUT2D eigenvalue weighted by Gasteiger charge is 2.20. The Hall–Kier alpha value is -3.55. The van der Waals surface area contributed by atoms with Crippen LogP contribution < -0.4 is 20.1 Å². The molecule has 2 aromatic carbocycles. The lowest BCUT2D eigenvalue weighted by Gasteiger charge is -2.22. The molecule has 0 heterocycles. The minimum absolute atomic E-state index is 0.154. The SMILES string of the molecule is CCCN(CC(=O)NCC(=O)Nc1ccc(C)cc1)C(=O)c1ccc(OC)c(OC)c1.